The summed E-state index contributed by atoms with van der Waals surface area (Å²) >= 11 is 1.46. The summed E-state index contributed by atoms with van der Waals surface area (Å²) < 4.78 is 8.38. The zero-order valence-electron chi connectivity index (χ0n) is 17.2. The summed E-state index contributed by atoms with van der Waals surface area (Å²) in [4.78, 5) is 24.2. The number of pyridine rings is 1. The molecule has 0 spiro atoms. The van der Waals surface area contributed by atoms with Gasteiger partial charge in [0.1, 0.15) is 5.75 Å². The molecule has 4 rings (SSSR count). The third kappa shape index (κ3) is 4.04. The topological polar surface area (TPSA) is 73.1 Å². The van der Waals surface area contributed by atoms with Gasteiger partial charge in [0.05, 0.1) is 29.1 Å². The molecule has 3 heterocycles. The molecule has 0 aliphatic heterocycles. The molecule has 0 aliphatic carbocycles. The SMILES string of the molecule is CCOc1ccc2nc(N(Cc3ccccn3)C(=O)c3cc(C)n(CC)n3)sc2c1. The molecule has 1 amide bonds. The van der Waals surface area contributed by atoms with Gasteiger partial charge >= 0.3 is 0 Å². The van der Waals surface area contributed by atoms with Crippen molar-refractivity contribution < 1.29 is 9.53 Å². The van der Waals surface area contributed by atoms with E-state index in [0.717, 1.165) is 27.4 Å². The first kappa shape index (κ1) is 20.0. The summed E-state index contributed by atoms with van der Waals surface area (Å²) in [6, 6.07) is 13.3. The molecule has 0 N–H and O–H groups in total. The van der Waals surface area contributed by atoms with E-state index in [1.165, 1.54) is 11.3 Å². The lowest BCUT2D eigenvalue weighted by Gasteiger charge is -2.18. The van der Waals surface area contributed by atoms with Crippen molar-refractivity contribution >= 4 is 32.6 Å². The third-order valence-electron chi connectivity index (χ3n) is 4.68. The Kier molecular flexibility index (Phi) is 5.76. The lowest BCUT2D eigenvalue weighted by Crippen LogP contribution is -2.31. The number of nitrogens with zero attached hydrogens (tertiary/aromatic N) is 5. The Hall–Kier alpha value is -3.26. The highest BCUT2D eigenvalue weighted by Gasteiger charge is 2.25. The number of amides is 1. The Labute approximate surface area is 179 Å². The quantitative estimate of drug-likeness (QED) is 0.440. The lowest BCUT2D eigenvalue weighted by atomic mass is 10.3. The van der Waals surface area contributed by atoms with E-state index in [0.29, 0.717) is 30.5 Å². The molecule has 7 nitrogen and oxygen atoms in total. The molecule has 0 saturated carbocycles. The minimum absolute atomic E-state index is 0.194. The average Bonchev–Trinajstić information content (AvgIpc) is 3.35. The average molecular weight is 422 g/mol. The van der Waals surface area contributed by atoms with Gasteiger partial charge in [0.2, 0.25) is 0 Å². The van der Waals surface area contributed by atoms with Crippen LogP contribution in [0, 0.1) is 6.92 Å². The van der Waals surface area contributed by atoms with Gasteiger partial charge in [-0.2, -0.15) is 5.10 Å². The molecule has 4 aromatic rings. The van der Waals surface area contributed by atoms with Gasteiger partial charge in [0, 0.05) is 18.4 Å². The Bertz CT molecular complexity index is 1170. The van der Waals surface area contributed by atoms with Gasteiger partial charge < -0.3 is 4.74 Å². The van der Waals surface area contributed by atoms with Gasteiger partial charge in [-0.25, -0.2) is 4.98 Å². The first-order valence-corrected chi connectivity index (χ1v) is 10.7. The first-order valence-electron chi connectivity index (χ1n) is 9.88. The number of fused-ring (bicyclic) bond motifs is 1. The van der Waals surface area contributed by atoms with E-state index in [2.05, 4.69) is 10.1 Å². The van der Waals surface area contributed by atoms with Crippen molar-refractivity contribution in [2.24, 2.45) is 0 Å². The first-order chi connectivity index (χ1) is 14.6. The monoisotopic (exact) mass is 421 g/mol. The summed E-state index contributed by atoms with van der Waals surface area (Å²) in [6.07, 6.45) is 1.72. The van der Waals surface area contributed by atoms with Crippen LogP contribution in [0.1, 0.15) is 35.7 Å². The molecule has 0 saturated heterocycles. The molecule has 3 aromatic heterocycles. The van der Waals surface area contributed by atoms with Crippen molar-refractivity contribution in [2.45, 2.75) is 33.9 Å². The zero-order chi connectivity index (χ0) is 21.1. The summed E-state index contributed by atoms with van der Waals surface area (Å²) in [5, 5.41) is 5.08. The molecule has 1 aromatic carbocycles. The fraction of sp³-hybridized carbons (Fsp3) is 0.273. The summed E-state index contributed by atoms with van der Waals surface area (Å²) in [7, 11) is 0. The third-order valence-corrected chi connectivity index (χ3v) is 5.72. The number of carbonyl (C=O) groups excluding carboxylic acids is 1. The highest BCUT2D eigenvalue weighted by molar-refractivity contribution is 7.22. The Morgan fingerprint density at radius 1 is 1.20 bits per heavy atom. The van der Waals surface area contributed by atoms with Crippen LogP contribution in [0.25, 0.3) is 10.2 Å². The second-order valence-corrected chi connectivity index (χ2v) is 7.77. The molecule has 0 atom stereocenters. The maximum absolute atomic E-state index is 13.4. The molecular formula is C22H23N5O2S. The van der Waals surface area contributed by atoms with Gasteiger partial charge in [-0.15, -0.1) is 0 Å². The fourth-order valence-electron chi connectivity index (χ4n) is 3.22. The van der Waals surface area contributed by atoms with Crippen molar-refractivity contribution in [3.05, 3.63) is 65.7 Å². The summed E-state index contributed by atoms with van der Waals surface area (Å²) in [6.45, 7) is 7.52. The van der Waals surface area contributed by atoms with Crippen molar-refractivity contribution in [3.8, 4) is 5.75 Å². The number of aryl methyl sites for hydroxylation is 2. The van der Waals surface area contributed by atoms with Crippen LogP contribution in [0.3, 0.4) is 0 Å². The van der Waals surface area contributed by atoms with Crippen LogP contribution in [-0.4, -0.2) is 32.3 Å². The number of aromatic nitrogens is 4. The van der Waals surface area contributed by atoms with Crippen LogP contribution in [-0.2, 0) is 13.1 Å². The highest BCUT2D eigenvalue weighted by Crippen LogP contribution is 2.33. The van der Waals surface area contributed by atoms with Crippen molar-refractivity contribution in [2.75, 3.05) is 11.5 Å². The minimum atomic E-state index is -0.194. The van der Waals surface area contributed by atoms with E-state index in [9.17, 15) is 4.79 Å². The van der Waals surface area contributed by atoms with Crippen molar-refractivity contribution in [3.63, 3.8) is 0 Å². The largest absolute Gasteiger partial charge is 0.494 e. The molecule has 0 radical (unpaired) electrons. The van der Waals surface area contributed by atoms with E-state index in [1.54, 1.807) is 11.1 Å². The standard InChI is InChI=1S/C22H23N5O2S/c1-4-27-15(3)12-19(25-27)21(28)26(14-16-8-6-7-11-23-16)22-24-18-10-9-17(29-5-2)13-20(18)30-22/h6-13H,4-5,14H2,1-3H3. The van der Waals surface area contributed by atoms with Crippen molar-refractivity contribution in [1.82, 2.24) is 19.7 Å². The smallest absolute Gasteiger partial charge is 0.280 e. The Morgan fingerprint density at radius 2 is 2.07 bits per heavy atom. The molecule has 154 valence electrons. The molecular weight excluding hydrogens is 398 g/mol. The molecule has 30 heavy (non-hydrogen) atoms. The summed E-state index contributed by atoms with van der Waals surface area (Å²) in [5.41, 5.74) is 2.96. The van der Waals surface area contributed by atoms with Gasteiger partial charge in [0.25, 0.3) is 5.91 Å². The molecule has 0 bridgehead atoms. The van der Waals surface area contributed by atoms with Gasteiger partial charge in [-0.1, -0.05) is 17.4 Å². The number of benzene rings is 1. The Balaban J connectivity index is 1.74. The maximum Gasteiger partial charge on any atom is 0.280 e. The number of anilines is 1. The molecule has 8 heteroatoms. The van der Waals surface area contributed by atoms with Crippen LogP contribution >= 0.6 is 11.3 Å². The molecule has 0 fully saturated rings. The second kappa shape index (κ2) is 8.62. The van der Waals surface area contributed by atoms with Gasteiger partial charge in [-0.05, 0) is 57.2 Å². The normalized spacial score (nSPS) is 11.0. The van der Waals surface area contributed by atoms with E-state index >= 15 is 0 Å². The number of ether oxygens (including phenoxy) is 1. The number of carbonyl (C=O) groups is 1. The van der Waals surface area contributed by atoms with E-state index in [-0.39, 0.29) is 5.91 Å². The van der Waals surface area contributed by atoms with Gasteiger partial charge in [0.15, 0.2) is 10.8 Å². The van der Waals surface area contributed by atoms with Crippen LogP contribution in [0.4, 0.5) is 5.13 Å². The minimum Gasteiger partial charge on any atom is -0.494 e. The second-order valence-electron chi connectivity index (χ2n) is 6.76. The number of hydrogen-bond donors (Lipinski definition) is 0. The predicted octanol–water partition coefficient (Wildman–Crippen LogP) is 4.46. The van der Waals surface area contributed by atoms with E-state index in [4.69, 9.17) is 9.72 Å². The summed E-state index contributed by atoms with van der Waals surface area (Å²) in [5.74, 6) is 0.597. The zero-order valence-corrected chi connectivity index (χ0v) is 18.0. The van der Waals surface area contributed by atoms with E-state index in [1.807, 2.05) is 67.9 Å². The van der Waals surface area contributed by atoms with Crippen molar-refractivity contribution in [1.29, 1.82) is 0 Å². The van der Waals surface area contributed by atoms with Crippen LogP contribution in [0.5, 0.6) is 5.75 Å². The maximum atomic E-state index is 13.4. The molecule has 0 unspecified atom stereocenters. The van der Waals surface area contributed by atoms with Gasteiger partial charge in [-0.3, -0.25) is 19.4 Å². The van der Waals surface area contributed by atoms with Crippen LogP contribution < -0.4 is 9.64 Å². The number of thiazole rings is 1. The highest BCUT2D eigenvalue weighted by atomic mass is 32.1. The molecule has 0 aliphatic rings. The lowest BCUT2D eigenvalue weighted by molar-refractivity contribution is 0.0979. The van der Waals surface area contributed by atoms with Crippen LogP contribution in [0.15, 0.2) is 48.7 Å². The number of hydrogen-bond acceptors (Lipinski definition) is 6. The number of rotatable bonds is 7. The predicted molar refractivity (Wildman–Crippen MR) is 118 cm³/mol. The van der Waals surface area contributed by atoms with Crippen LogP contribution in [0.2, 0.25) is 0 Å². The fourth-order valence-corrected chi connectivity index (χ4v) is 4.21. The van der Waals surface area contributed by atoms with E-state index < -0.39 is 0 Å². The Morgan fingerprint density at radius 3 is 2.77 bits per heavy atom.